The van der Waals surface area contributed by atoms with Crippen LogP contribution in [0.5, 0.6) is 0 Å². The third-order valence-electron chi connectivity index (χ3n) is 6.36. The Kier molecular flexibility index (Phi) is 7.54. The van der Waals surface area contributed by atoms with E-state index >= 15 is 0 Å². The van der Waals surface area contributed by atoms with Gasteiger partial charge in [0.25, 0.3) is 6.20 Å². The molecule has 2 fully saturated rings. The van der Waals surface area contributed by atoms with Crippen molar-refractivity contribution < 1.29 is 24.0 Å². The van der Waals surface area contributed by atoms with Crippen molar-refractivity contribution in [3.8, 4) is 0 Å². The fourth-order valence-electron chi connectivity index (χ4n) is 4.53. The van der Waals surface area contributed by atoms with Crippen molar-refractivity contribution in [1.29, 1.82) is 0 Å². The quantitative estimate of drug-likeness (QED) is 0.383. The molecule has 0 spiro atoms. The second-order valence-electron chi connectivity index (χ2n) is 9.07. The Bertz CT molecular complexity index is 1120. The molecule has 188 valence electrons. The first-order chi connectivity index (χ1) is 16.8. The maximum atomic E-state index is 13.2. The van der Waals surface area contributed by atoms with Crippen molar-refractivity contribution >= 4 is 28.5 Å². The number of carbonyl (C=O) groups excluding carboxylic acids is 2. The number of aliphatic hydroxyl groups excluding tert-OH is 1. The molecule has 35 heavy (non-hydrogen) atoms. The van der Waals surface area contributed by atoms with Gasteiger partial charge in [-0.3, -0.25) is 19.7 Å². The molecule has 0 radical (unpaired) electrons. The summed E-state index contributed by atoms with van der Waals surface area (Å²) >= 11 is 0. The molecule has 4 rings (SSSR count). The number of hydrogen-bond acceptors (Lipinski definition) is 8. The summed E-state index contributed by atoms with van der Waals surface area (Å²) < 4.78 is 5.59. The van der Waals surface area contributed by atoms with Crippen LogP contribution < -0.4 is 10.6 Å². The van der Waals surface area contributed by atoms with Crippen LogP contribution in [0.4, 0.5) is 5.69 Å². The van der Waals surface area contributed by atoms with Crippen molar-refractivity contribution in [2.75, 3.05) is 31.5 Å². The van der Waals surface area contributed by atoms with Crippen LogP contribution in [-0.2, 0) is 9.59 Å². The fourth-order valence-corrected chi connectivity index (χ4v) is 4.53. The van der Waals surface area contributed by atoms with Gasteiger partial charge < -0.3 is 30.0 Å². The van der Waals surface area contributed by atoms with E-state index in [1.807, 2.05) is 0 Å². The summed E-state index contributed by atoms with van der Waals surface area (Å²) in [5.41, 5.74) is 1.13. The van der Waals surface area contributed by atoms with Crippen molar-refractivity contribution in [1.82, 2.24) is 15.1 Å². The average molecular weight is 486 g/mol. The minimum Gasteiger partial charge on any atom is -0.458 e. The van der Waals surface area contributed by atoms with Gasteiger partial charge in [-0.25, -0.2) is 0 Å². The highest BCUT2D eigenvalue weighted by atomic mass is 16.6. The van der Waals surface area contributed by atoms with E-state index in [4.69, 9.17) is 4.42 Å². The largest absolute Gasteiger partial charge is 0.458 e. The van der Waals surface area contributed by atoms with E-state index < -0.39 is 17.1 Å². The predicted molar refractivity (Wildman–Crippen MR) is 129 cm³/mol. The molecular formula is C24H31N5O6. The number of fused-ring (bicyclic) bond motifs is 1. The smallest absolute Gasteiger partial charge is 0.274 e. The minimum absolute atomic E-state index is 0.0293. The third kappa shape index (κ3) is 6.10. The zero-order valence-corrected chi connectivity index (χ0v) is 19.7. The first kappa shape index (κ1) is 24.5. The van der Waals surface area contributed by atoms with Crippen LogP contribution in [0.15, 0.2) is 40.7 Å². The topological polar surface area (TPSA) is 141 Å². The number of rotatable bonds is 8. The summed E-state index contributed by atoms with van der Waals surface area (Å²) in [7, 11) is 0. The van der Waals surface area contributed by atoms with E-state index in [1.165, 1.54) is 0 Å². The molecule has 2 saturated heterocycles. The molecule has 1 aromatic carbocycles. The first-order valence-electron chi connectivity index (χ1n) is 12.0. The van der Waals surface area contributed by atoms with Gasteiger partial charge in [-0.15, -0.1) is 0 Å². The lowest BCUT2D eigenvalue weighted by atomic mass is 10.1. The lowest BCUT2D eigenvalue weighted by Crippen LogP contribution is -2.49. The molecule has 0 saturated carbocycles. The first-order valence-corrected chi connectivity index (χ1v) is 12.0. The zero-order chi connectivity index (χ0) is 24.9. The highest BCUT2D eigenvalue weighted by molar-refractivity contribution is 5.88. The molecule has 2 atom stereocenters. The summed E-state index contributed by atoms with van der Waals surface area (Å²) in [5, 5.41) is 27.8. The van der Waals surface area contributed by atoms with Crippen LogP contribution >= 0.6 is 0 Å². The number of furan rings is 1. The normalized spacial score (nSPS) is 20.1. The van der Waals surface area contributed by atoms with Gasteiger partial charge in [-0.05, 0) is 63.3 Å². The van der Waals surface area contributed by atoms with Crippen LogP contribution in [0.25, 0.3) is 11.0 Å². The number of carbonyl (C=O) groups is 2. The number of amides is 2. The Balaban J connectivity index is 1.48. The molecule has 3 heterocycles. The molecule has 0 bridgehead atoms. The average Bonchev–Trinajstić information content (AvgIpc) is 3.46. The molecule has 2 aromatic rings. The fraction of sp³-hybridized carbons (Fsp3) is 0.500. The van der Waals surface area contributed by atoms with E-state index in [-0.39, 0.29) is 24.2 Å². The molecule has 11 nitrogen and oxygen atoms in total. The van der Waals surface area contributed by atoms with Gasteiger partial charge in [0, 0.05) is 30.7 Å². The van der Waals surface area contributed by atoms with E-state index in [1.54, 1.807) is 41.0 Å². The van der Waals surface area contributed by atoms with Crippen LogP contribution in [0.1, 0.15) is 50.9 Å². The van der Waals surface area contributed by atoms with Crippen LogP contribution in [-0.4, -0.2) is 63.9 Å². The van der Waals surface area contributed by atoms with E-state index in [0.717, 1.165) is 50.4 Å². The van der Waals surface area contributed by atoms with Crippen LogP contribution in [0.2, 0.25) is 0 Å². The molecule has 2 unspecified atom stereocenters. The van der Waals surface area contributed by atoms with Gasteiger partial charge >= 0.3 is 0 Å². The van der Waals surface area contributed by atoms with Gasteiger partial charge in [0.2, 0.25) is 11.8 Å². The van der Waals surface area contributed by atoms with Crippen LogP contribution in [0, 0.1) is 10.1 Å². The number of hydrogen-bond donors (Lipinski definition) is 3. The Morgan fingerprint density at radius 2 is 2.00 bits per heavy atom. The maximum absolute atomic E-state index is 13.2. The summed E-state index contributed by atoms with van der Waals surface area (Å²) in [6, 6.07) is 6.16. The summed E-state index contributed by atoms with van der Waals surface area (Å²) in [4.78, 5) is 39.9. The SMILES string of the molecule is CC(O)c1cc2cc(NC(=C[N+](=O)[O-])NC3CCCCN(CC(=O)N4CCCC4)C3=O)ccc2o1. The number of likely N-dealkylation sites (tertiary alicyclic amines) is 2. The van der Waals surface area contributed by atoms with Gasteiger partial charge in [-0.1, -0.05) is 0 Å². The molecule has 2 amide bonds. The van der Waals surface area contributed by atoms with Crippen LogP contribution in [0.3, 0.4) is 0 Å². The molecule has 2 aliphatic heterocycles. The standard InChI is InChI=1S/C24H31N5O6/c1-16(30)21-13-17-12-18(7-8-20(17)35-21)25-22(14-29(33)34)26-19-6-2-3-11-28(24(19)32)15-23(31)27-9-4-5-10-27/h7-8,12-14,16,19,25-26,30H,2-6,9-11,15H2,1H3. The number of nitro groups is 1. The molecule has 1 aromatic heterocycles. The lowest BCUT2D eigenvalue weighted by Gasteiger charge is -2.27. The monoisotopic (exact) mass is 485 g/mol. The summed E-state index contributed by atoms with van der Waals surface area (Å²) in [6.45, 7) is 3.57. The third-order valence-corrected chi connectivity index (χ3v) is 6.36. The Morgan fingerprint density at radius 3 is 2.71 bits per heavy atom. The highest BCUT2D eigenvalue weighted by Gasteiger charge is 2.31. The van der Waals surface area contributed by atoms with Gasteiger partial charge in [0.05, 0.1) is 11.5 Å². The number of benzene rings is 1. The lowest BCUT2D eigenvalue weighted by molar-refractivity contribution is -0.403. The predicted octanol–water partition coefficient (Wildman–Crippen LogP) is 2.57. The number of nitrogens with one attached hydrogen (secondary N) is 2. The molecule has 11 heteroatoms. The number of nitrogens with zero attached hydrogens (tertiary/aromatic N) is 3. The molecular weight excluding hydrogens is 454 g/mol. The van der Waals surface area contributed by atoms with Crippen molar-refractivity contribution in [2.45, 2.75) is 51.2 Å². The van der Waals surface area contributed by atoms with Gasteiger partial charge in [0.15, 0.2) is 5.82 Å². The van der Waals surface area contributed by atoms with Gasteiger partial charge in [-0.2, -0.15) is 0 Å². The summed E-state index contributed by atoms with van der Waals surface area (Å²) in [5.74, 6) is 0.197. The van der Waals surface area contributed by atoms with Crippen molar-refractivity contribution in [3.05, 3.63) is 52.2 Å². The van der Waals surface area contributed by atoms with Gasteiger partial charge in [0.1, 0.15) is 23.5 Å². The second-order valence-corrected chi connectivity index (χ2v) is 9.07. The Hall–Kier alpha value is -3.60. The molecule has 3 N–H and O–H groups in total. The van der Waals surface area contributed by atoms with E-state index in [0.29, 0.717) is 30.0 Å². The molecule has 2 aliphatic rings. The maximum Gasteiger partial charge on any atom is 0.274 e. The highest BCUT2D eigenvalue weighted by Crippen LogP contribution is 2.27. The number of anilines is 1. The van der Waals surface area contributed by atoms with Crippen molar-refractivity contribution in [3.63, 3.8) is 0 Å². The van der Waals surface area contributed by atoms with E-state index in [2.05, 4.69) is 10.6 Å². The number of aliphatic hydroxyl groups is 1. The van der Waals surface area contributed by atoms with Crippen molar-refractivity contribution in [2.24, 2.45) is 0 Å². The second kappa shape index (κ2) is 10.8. The Labute approximate surface area is 202 Å². The zero-order valence-electron chi connectivity index (χ0n) is 19.7. The Morgan fingerprint density at radius 1 is 1.26 bits per heavy atom. The summed E-state index contributed by atoms with van der Waals surface area (Å²) in [6.07, 6.45) is 4.02. The van der Waals surface area contributed by atoms with E-state index in [9.17, 15) is 24.8 Å². The molecule has 0 aliphatic carbocycles. The minimum atomic E-state index is -0.757.